The molecule has 1 saturated carbocycles. The van der Waals surface area contributed by atoms with Crippen LogP contribution < -0.4 is 5.32 Å². The summed E-state index contributed by atoms with van der Waals surface area (Å²) in [5.41, 5.74) is 1.04. The Morgan fingerprint density at radius 1 is 1.73 bits per heavy atom. The molecule has 1 fully saturated rings. The van der Waals surface area contributed by atoms with Crippen LogP contribution in [0.3, 0.4) is 0 Å². The number of aryl methyl sites for hydroxylation is 1. The van der Waals surface area contributed by atoms with Crippen LogP contribution in [0.5, 0.6) is 0 Å². The van der Waals surface area contributed by atoms with Crippen molar-refractivity contribution in [2.45, 2.75) is 31.8 Å². The van der Waals surface area contributed by atoms with Crippen molar-refractivity contribution in [1.29, 1.82) is 0 Å². The van der Waals surface area contributed by atoms with E-state index in [0.29, 0.717) is 12.6 Å². The van der Waals surface area contributed by atoms with Crippen LogP contribution in [0.2, 0.25) is 0 Å². The molecule has 0 atom stereocenters. The SMILES string of the molecule is Cn1ncc(CNC2CCC2)c1C(=O)O. The number of aromatic nitrogens is 2. The van der Waals surface area contributed by atoms with Gasteiger partial charge in [-0.25, -0.2) is 4.79 Å². The molecule has 1 aliphatic carbocycles. The van der Waals surface area contributed by atoms with E-state index in [-0.39, 0.29) is 5.69 Å². The highest BCUT2D eigenvalue weighted by molar-refractivity contribution is 5.87. The van der Waals surface area contributed by atoms with Gasteiger partial charge in [-0.1, -0.05) is 6.42 Å². The topological polar surface area (TPSA) is 67.2 Å². The second kappa shape index (κ2) is 4.02. The Bertz CT molecular complexity index is 369. The first kappa shape index (κ1) is 10.2. The van der Waals surface area contributed by atoms with E-state index in [9.17, 15) is 4.79 Å². The molecule has 0 unspecified atom stereocenters. The maximum atomic E-state index is 10.9. The summed E-state index contributed by atoms with van der Waals surface area (Å²) in [5.74, 6) is -0.916. The molecule has 2 N–H and O–H groups in total. The van der Waals surface area contributed by atoms with Gasteiger partial charge in [-0.2, -0.15) is 5.10 Å². The van der Waals surface area contributed by atoms with Crippen molar-refractivity contribution < 1.29 is 9.90 Å². The van der Waals surface area contributed by atoms with Gasteiger partial charge in [-0.05, 0) is 12.8 Å². The molecule has 0 saturated heterocycles. The first-order valence-corrected chi connectivity index (χ1v) is 5.16. The summed E-state index contributed by atoms with van der Waals surface area (Å²) in [4.78, 5) is 10.9. The normalized spacial score (nSPS) is 16.3. The summed E-state index contributed by atoms with van der Waals surface area (Å²) in [6, 6.07) is 0.562. The van der Waals surface area contributed by atoms with E-state index in [1.54, 1.807) is 13.2 Å². The Labute approximate surface area is 88.1 Å². The molecule has 2 rings (SSSR count). The maximum Gasteiger partial charge on any atom is 0.354 e. The molecule has 0 amide bonds. The van der Waals surface area contributed by atoms with Gasteiger partial charge < -0.3 is 10.4 Å². The lowest BCUT2D eigenvalue weighted by molar-refractivity contribution is 0.0683. The average Bonchev–Trinajstić information content (AvgIpc) is 2.44. The quantitative estimate of drug-likeness (QED) is 0.768. The molecular formula is C10H15N3O2. The molecule has 5 heteroatoms. The number of nitrogens with zero attached hydrogens (tertiary/aromatic N) is 2. The molecule has 1 heterocycles. The summed E-state index contributed by atoms with van der Waals surface area (Å²) in [5, 5.41) is 16.3. The standard InChI is InChI=1S/C10H15N3O2/c1-13-9(10(14)15)7(6-12-13)5-11-8-3-2-4-8/h6,8,11H,2-5H2,1H3,(H,14,15). The van der Waals surface area contributed by atoms with E-state index < -0.39 is 5.97 Å². The minimum Gasteiger partial charge on any atom is -0.477 e. The highest BCUT2D eigenvalue weighted by atomic mass is 16.4. The monoisotopic (exact) mass is 209 g/mol. The zero-order valence-corrected chi connectivity index (χ0v) is 8.73. The van der Waals surface area contributed by atoms with Crippen molar-refractivity contribution in [2.24, 2.45) is 7.05 Å². The number of carboxylic acid groups (broad SMARTS) is 1. The van der Waals surface area contributed by atoms with Gasteiger partial charge in [0.25, 0.3) is 0 Å². The molecule has 5 nitrogen and oxygen atoms in total. The van der Waals surface area contributed by atoms with E-state index in [0.717, 1.165) is 5.56 Å². The Kier molecular flexibility index (Phi) is 2.73. The van der Waals surface area contributed by atoms with Crippen LogP contribution in [-0.2, 0) is 13.6 Å². The Balaban J connectivity index is 2.03. The molecule has 0 aromatic carbocycles. The zero-order chi connectivity index (χ0) is 10.8. The van der Waals surface area contributed by atoms with Crippen LogP contribution in [0.25, 0.3) is 0 Å². The molecule has 82 valence electrons. The molecule has 0 bridgehead atoms. The lowest BCUT2D eigenvalue weighted by Crippen LogP contribution is -2.34. The number of rotatable bonds is 4. The van der Waals surface area contributed by atoms with Crippen molar-refractivity contribution in [3.8, 4) is 0 Å². The largest absolute Gasteiger partial charge is 0.477 e. The minimum atomic E-state index is -0.916. The van der Waals surface area contributed by atoms with Gasteiger partial charge in [0.05, 0.1) is 6.20 Å². The van der Waals surface area contributed by atoms with Gasteiger partial charge in [0, 0.05) is 25.2 Å². The number of hydrogen-bond donors (Lipinski definition) is 2. The van der Waals surface area contributed by atoms with E-state index in [2.05, 4.69) is 10.4 Å². The third kappa shape index (κ3) is 2.02. The third-order valence-corrected chi connectivity index (χ3v) is 2.90. The highest BCUT2D eigenvalue weighted by Crippen LogP contribution is 2.19. The van der Waals surface area contributed by atoms with Gasteiger partial charge in [-0.15, -0.1) is 0 Å². The van der Waals surface area contributed by atoms with Gasteiger partial charge in [-0.3, -0.25) is 4.68 Å². The summed E-state index contributed by atoms with van der Waals surface area (Å²) < 4.78 is 1.40. The Morgan fingerprint density at radius 2 is 2.47 bits per heavy atom. The van der Waals surface area contributed by atoms with E-state index in [1.807, 2.05) is 0 Å². The summed E-state index contributed by atoms with van der Waals surface area (Å²) in [6.45, 7) is 0.597. The number of carboxylic acids is 1. The van der Waals surface area contributed by atoms with Crippen molar-refractivity contribution in [2.75, 3.05) is 0 Å². The highest BCUT2D eigenvalue weighted by Gasteiger charge is 2.19. The van der Waals surface area contributed by atoms with Crippen molar-refractivity contribution >= 4 is 5.97 Å². The predicted octanol–water partition coefficient (Wildman–Crippen LogP) is 0.760. The van der Waals surface area contributed by atoms with Gasteiger partial charge in [0.2, 0.25) is 0 Å². The fraction of sp³-hybridized carbons (Fsp3) is 0.600. The number of aromatic carboxylic acids is 1. The summed E-state index contributed by atoms with van der Waals surface area (Å²) in [6.07, 6.45) is 5.29. The van der Waals surface area contributed by atoms with Crippen molar-refractivity contribution in [1.82, 2.24) is 15.1 Å². The molecule has 1 aliphatic rings. The predicted molar refractivity (Wildman–Crippen MR) is 54.6 cm³/mol. The number of hydrogen-bond acceptors (Lipinski definition) is 3. The molecular weight excluding hydrogens is 194 g/mol. The smallest absolute Gasteiger partial charge is 0.354 e. The molecule has 15 heavy (non-hydrogen) atoms. The Morgan fingerprint density at radius 3 is 3.00 bits per heavy atom. The minimum absolute atomic E-state index is 0.279. The molecule has 1 aromatic rings. The molecule has 0 aliphatic heterocycles. The maximum absolute atomic E-state index is 10.9. The fourth-order valence-corrected chi connectivity index (χ4v) is 1.75. The second-order valence-corrected chi connectivity index (χ2v) is 3.96. The van der Waals surface area contributed by atoms with E-state index in [1.165, 1.54) is 23.9 Å². The number of carbonyl (C=O) groups is 1. The molecule has 1 aromatic heterocycles. The molecule has 0 spiro atoms. The van der Waals surface area contributed by atoms with Crippen molar-refractivity contribution in [3.63, 3.8) is 0 Å². The van der Waals surface area contributed by atoms with Gasteiger partial charge >= 0.3 is 5.97 Å². The summed E-state index contributed by atoms with van der Waals surface area (Å²) >= 11 is 0. The van der Waals surface area contributed by atoms with Crippen LogP contribution in [-0.4, -0.2) is 26.9 Å². The number of nitrogens with one attached hydrogen (secondary N) is 1. The fourth-order valence-electron chi connectivity index (χ4n) is 1.75. The van der Waals surface area contributed by atoms with Crippen LogP contribution in [0.4, 0.5) is 0 Å². The molecule has 0 radical (unpaired) electrons. The van der Waals surface area contributed by atoms with Crippen molar-refractivity contribution in [3.05, 3.63) is 17.5 Å². The van der Waals surface area contributed by atoms with Crippen LogP contribution in [0, 0.1) is 0 Å². The van der Waals surface area contributed by atoms with E-state index in [4.69, 9.17) is 5.11 Å². The van der Waals surface area contributed by atoms with Crippen LogP contribution in [0.1, 0.15) is 35.3 Å². The third-order valence-electron chi connectivity index (χ3n) is 2.90. The van der Waals surface area contributed by atoms with Crippen LogP contribution >= 0.6 is 0 Å². The second-order valence-electron chi connectivity index (χ2n) is 3.96. The first-order chi connectivity index (χ1) is 7.18. The van der Waals surface area contributed by atoms with E-state index >= 15 is 0 Å². The average molecular weight is 209 g/mol. The van der Waals surface area contributed by atoms with Gasteiger partial charge in [0.1, 0.15) is 5.69 Å². The lowest BCUT2D eigenvalue weighted by atomic mass is 9.93. The zero-order valence-electron chi connectivity index (χ0n) is 8.73. The summed E-state index contributed by atoms with van der Waals surface area (Å²) in [7, 11) is 1.65. The lowest BCUT2D eigenvalue weighted by Gasteiger charge is -2.26. The Hall–Kier alpha value is -1.36. The van der Waals surface area contributed by atoms with Gasteiger partial charge in [0.15, 0.2) is 0 Å². The van der Waals surface area contributed by atoms with Crippen LogP contribution in [0.15, 0.2) is 6.20 Å². The first-order valence-electron chi connectivity index (χ1n) is 5.16.